The second-order valence-electron chi connectivity index (χ2n) is 8.03. The highest BCUT2D eigenvalue weighted by Crippen LogP contribution is 2.33. The van der Waals surface area contributed by atoms with Gasteiger partial charge in [0, 0.05) is 25.1 Å². The van der Waals surface area contributed by atoms with Crippen molar-refractivity contribution in [1.82, 2.24) is 9.55 Å². The van der Waals surface area contributed by atoms with Crippen molar-refractivity contribution in [1.29, 1.82) is 0 Å². The Balaban J connectivity index is 2.05. The molecule has 188 valence electrons. The van der Waals surface area contributed by atoms with Crippen molar-refractivity contribution in [2.75, 3.05) is 31.5 Å². The predicted molar refractivity (Wildman–Crippen MR) is 125 cm³/mol. The van der Waals surface area contributed by atoms with Crippen molar-refractivity contribution in [2.45, 2.75) is 38.5 Å². The summed E-state index contributed by atoms with van der Waals surface area (Å²) in [6.45, 7) is 1.88. The first-order valence-corrected chi connectivity index (χ1v) is 10.9. The average molecular weight is 492 g/mol. The summed E-state index contributed by atoms with van der Waals surface area (Å²) in [5.74, 6) is -1.08. The molecule has 1 aromatic carbocycles. The number of anilines is 2. The summed E-state index contributed by atoms with van der Waals surface area (Å²) >= 11 is 0. The number of carbonyl (C=O) groups is 2. The van der Waals surface area contributed by atoms with Crippen molar-refractivity contribution < 1.29 is 32.2 Å². The zero-order valence-corrected chi connectivity index (χ0v) is 19.6. The first-order chi connectivity index (χ1) is 16.6. The molecule has 0 fully saturated rings. The molecule has 0 aliphatic heterocycles. The number of fused-ring (bicyclic) bond motifs is 1. The molecular weight excluding hydrogens is 465 g/mol. The Morgan fingerprint density at radius 1 is 1.17 bits per heavy atom. The zero-order valence-electron chi connectivity index (χ0n) is 19.6. The number of halogens is 3. The third-order valence-corrected chi connectivity index (χ3v) is 5.22. The van der Waals surface area contributed by atoms with E-state index in [2.05, 4.69) is 15.6 Å². The van der Waals surface area contributed by atoms with Gasteiger partial charge in [0.2, 0.25) is 5.91 Å². The molecule has 3 rings (SSSR count). The number of amides is 1. The maximum atomic E-state index is 12.9. The standard InChI is InChI=1S/C24H27F3N4O4/c1-15(13-24(25,26)27)29-17-12-18-20(30-19(32)11-16-7-5-4-6-8-16)21(23(33)35-3)31(9-10-34-2)22(18)28-14-17/h4-8,12,14-15,29H,9-11,13H2,1-3H3,(H,30,32)/t15-/m0/s1. The van der Waals surface area contributed by atoms with Gasteiger partial charge in [-0.15, -0.1) is 0 Å². The smallest absolute Gasteiger partial charge is 0.391 e. The number of hydrogen-bond donors (Lipinski definition) is 2. The van der Waals surface area contributed by atoms with Gasteiger partial charge in [-0.25, -0.2) is 9.78 Å². The maximum Gasteiger partial charge on any atom is 0.391 e. The minimum Gasteiger partial charge on any atom is -0.464 e. The third-order valence-electron chi connectivity index (χ3n) is 5.22. The highest BCUT2D eigenvalue weighted by molar-refractivity contribution is 6.11. The summed E-state index contributed by atoms with van der Waals surface area (Å²) in [6, 6.07) is 9.69. The number of rotatable bonds is 10. The van der Waals surface area contributed by atoms with Crippen molar-refractivity contribution in [3.8, 4) is 0 Å². The Morgan fingerprint density at radius 2 is 1.89 bits per heavy atom. The highest BCUT2D eigenvalue weighted by Gasteiger charge is 2.30. The van der Waals surface area contributed by atoms with Crippen LogP contribution in [-0.4, -0.2) is 54.5 Å². The third kappa shape index (κ3) is 6.72. The molecular formula is C24H27F3N4O4. The summed E-state index contributed by atoms with van der Waals surface area (Å²) in [4.78, 5) is 30.0. The lowest BCUT2D eigenvalue weighted by Gasteiger charge is -2.17. The molecule has 2 aromatic heterocycles. The van der Waals surface area contributed by atoms with Gasteiger partial charge in [-0.05, 0) is 18.6 Å². The Bertz CT molecular complexity index is 1180. The van der Waals surface area contributed by atoms with Crippen molar-refractivity contribution >= 4 is 34.3 Å². The van der Waals surface area contributed by atoms with Crippen molar-refractivity contribution in [3.63, 3.8) is 0 Å². The molecule has 1 amide bonds. The molecule has 0 radical (unpaired) electrons. The van der Waals surface area contributed by atoms with Crippen LogP contribution in [0, 0.1) is 0 Å². The number of methoxy groups -OCH3 is 2. The van der Waals surface area contributed by atoms with Crippen LogP contribution in [-0.2, 0) is 27.2 Å². The fourth-order valence-electron chi connectivity index (χ4n) is 3.79. The van der Waals surface area contributed by atoms with Gasteiger partial charge >= 0.3 is 12.1 Å². The van der Waals surface area contributed by atoms with Gasteiger partial charge in [0.15, 0.2) is 5.69 Å². The van der Waals surface area contributed by atoms with E-state index in [1.54, 1.807) is 22.8 Å². The van der Waals surface area contributed by atoms with Gasteiger partial charge in [0.05, 0.1) is 44.1 Å². The minimum absolute atomic E-state index is 0.0557. The van der Waals surface area contributed by atoms with Gasteiger partial charge in [-0.2, -0.15) is 13.2 Å². The topological polar surface area (TPSA) is 94.5 Å². The fourth-order valence-corrected chi connectivity index (χ4v) is 3.79. The number of pyridine rings is 1. The lowest BCUT2D eigenvalue weighted by Crippen LogP contribution is -2.23. The highest BCUT2D eigenvalue weighted by atomic mass is 19.4. The average Bonchev–Trinajstić information content (AvgIpc) is 3.08. The molecule has 0 aliphatic rings. The number of carbonyl (C=O) groups excluding carboxylic acids is 2. The van der Waals surface area contributed by atoms with E-state index in [9.17, 15) is 22.8 Å². The summed E-state index contributed by atoms with van der Waals surface area (Å²) in [5, 5.41) is 5.95. The lowest BCUT2D eigenvalue weighted by atomic mass is 10.1. The number of benzene rings is 1. The molecule has 3 aromatic rings. The number of hydrogen-bond acceptors (Lipinski definition) is 6. The second-order valence-corrected chi connectivity index (χ2v) is 8.03. The summed E-state index contributed by atoms with van der Waals surface area (Å²) in [5.41, 5.74) is 1.67. The number of alkyl halides is 3. The number of nitrogens with zero attached hydrogens (tertiary/aromatic N) is 2. The summed E-state index contributed by atoms with van der Waals surface area (Å²) in [6.07, 6.45) is -3.93. The van der Waals surface area contributed by atoms with E-state index in [0.29, 0.717) is 16.7 Å². The largest absolute Gasteiger partial charge is 0.464 e. The van der Waals surface area contributed by atoms with E-state index in [1.165, 1.54) is 27.3 Å². The monoisotopic (exact) mass is 492 g/mol. The van der Waals surface area contributed by atoms with Crippen LogP contribution < -0.4 is 10.6 Å². The molecule has 0 saturated heterocycles. The van der Waals surface area contributed by atoms with Crippen LogP contribution in [0.3, 0.4) is 0 Å². The van der Waals surface area contributed by atoms with Crippen LogP contribution in [0.15, 0.2) is 42.6 Å². The number of nitrogens with one attached hydrogen (secondary N) is 2. The van der Waals surface area contributed by atoms with Crippen molar-refractivity contribution in [3.05, 3.63) is 53.9 Å². The Kier molecular flexibility index (Phi) is 8.34. The molecule has 11 heteroatoms. The van der Waals surface area contributed by atoms with E-state index < -0.39 is 24.6 Å². The normalized spacial score (nSPS) is 12.4. The van der Waals surface area contributed by atoms with E-state index in [1.807, 2.05) is 18.2 Å². The molecule has 0 bridgehead atoms. The number of esters is 1. The molecule has 35 heavy (non-hydrogen) atoms. The molecule has 2 heterocycles. The molecule has 0 saturated carbocycles. The van der Waals surface area contributed by atoms with Crippen LogP contribution in [0.25, 0.3) is 11.0 Å². The van der Waals surface area contributed by atoms with Gasteiger partial charge < -0.3 is 24.7 Å². The van der Waals surface area contributed by atoms with Crippen LogP contribution >= 0.6 is 0 Å². The quantitative estimate of drug-likeness (QED) is 0.408. The maximum absolute atomic E-state index is 12.9. The Morgan fingerprint density at radius 3 is 2.51 bits per heavy atom. The Labute approximate surface area is 200 Å². The lowest BCUT2D eigenvalue weighted by molar-refractivity contribution is -0.136. The van der Waals surface area contributed by atoms with Gasteiger partial charge in [-0.1, -0.05) is 30.3 Å². The van der Waals surface area contributed by atoms with E-state index in [4.69, 9.17) is 9.47 Å². The summed E-state index contributed by atoms with van der Waals surface area (Å²) < 4.78 is 50.0. The number of aromatic nitrogens is 2. The summed E-state index contributed by atoms with van der Waals surface area (Å²) in [7, 11) is 2.72. The fraction of sp³-hybridized carbons (Fsp3) is 0.375. The molecule has 1 atom stereocenters. The Hall–Kier alpha value is -3.60. The number of ether oxygens (including phenoxy) is 2. The van der Waals surface area contributed by atoms with E-state index in [0.717, 1.165) is 5.56 Å². The second kappa shape index (κ2) is 11.2. The zero-order chi connectivity index (χ0) is 25.6. The SMILES string of the molecule is COCCn1c(C(=O)OC)c(NC(=O)Cc2ccccc2)c2cc(N[C@@H](C)CC(F)(F)F)cnc21. The van der Waals surface area contributed by atoms with E-state index >= 15 is 0 Å². The van der Waals surface area contributed by atoms with Crippen LogP contribution in [0.1, 0.15) is 29.4 Å². The van der Waals surface area contributed by atoms with Crippen LogP contribution in [0.4, 0.5) is 24.5 Å². The molecule has 8 nitrogen and oxygen atoms in total. The van der Waals surface area contributed by atoms with Crippen molar-refractivity contribution in [2.24, 2.45) is 0 Å². The van der Waals surface area contributed by atoms with Crippen LogP contribution in [0.2, 0.25) is 0 Å². The molecule has 0 unspecified atom stereocenters. The molecule has 0 aliphatic carbocycles. The first kappa shape index (κ1) is 26.0. The first-order valence-electron chi connectivity index (χ1n) is 10.9. The van der Waals surface area contributed by atoms with E-state index in [-0.39, 0.29) is 36.9 Å². The van der Waals surface area contributed by atoms with Gasteiger partial charge in [0.25, 0.3) is 0 Å². The van der Waals surface area contributed by atoms with Gasteiger partial charge in [-0.3, -0.25) is 4.79 Å². The minimum atomic E-state index is -4.33. The van der Waals surface area contributed by atoms with Gasteiger partial charge in [0.1, 0.15) is 5.65 Å². The predicted octanol–water partition coefficient (Wildman–Crippen LogP) is 4.40. The molecule has 2 N–H and O–H groups in total. The molecule has 0 spiro atoms. The van der Waals surface area contributed by atoms with Crippen LogP contribution in [0.5, 0.6) is 0 Å².